The summed E-state index contributed by atoms with van der Waals surface area (Å²) in [4.78, 5) is 18.2. The molecular weight excluding hydrogens is 264 g/mol. The number of carbonyl (C=O) groups is 1. The van der Waals surface area contributed by atoms with Gasteiger partial charge < -0.3 is 0 Å². The first kappa shape index (κ1) is 12.6. The molecule has 1 amide bonds. The molecule has 2 fully saturated rings. The lowest BCUT2D eigenvalue weighted by atomic mass is 9.91. The van der Waals surface area contributed by atoms with Crippen molar-refractivity contribution in [2.24, 2.45) is 11.8 Å². The fourth-order valence-electron chi connectivity index (χ4n) is 3.20. The molecule has 1 saturated heterocycles. The molecule has 1 atom stereocenters. The van der Waals surface area contributed by atoms with Gasteiger partial charge in [0.2, 0.25) is 5.91 Å². The van der Waals surface area contributed by atoms with Crippen molar-refractivity contribution in [3.8, 4) is 11.3 Å². The summed E-state index contributed by atoms with van der Waals surface area (Å²) in [7, 11) is 0. The van der Waals surface area contributed by atoms with Gasteiger partial charge in [0.25, 0.3) is 0 Å². The van der Waals surface area contributed by atoms with Crippen LogP contribution in [-0.2, 0) is 4.79 Å². The molecule has 2 aromatic rings. The quantitative estimate of drug-likeness (QED) is 0.941. The summed E-state index contributed by atoms with van der Waals surface area (Å²) < 4.78 is 0. The summed E-state index contributed by atoms with van der Waals surface area (Å²) in [5.74, 6) is 2.45. The second-order valence-electron chi connectivity index (χ2n) is 6.01. The van der Waals surface area contributed by atoms with Crippen LogP contribution in [0.3, 0.4) is 0 Å². The number of anilines is 1. The Kier molecular flexibility index (Phi) is 2.98. The highest BCUT2D eigenvalue weighted by molar-refractivity contribution is 5.93. The van der Waals surface area contributed by atoms with Gasteiger partial charge in [0.15, 0.2) is 0 Å². The van der Waals surface area contributed by atoms with Crippen LogP contribution < -0.4 is 4.90 Å². The predicted molar refractivity (Wildman–Crippen MR) is 79.6 cm³/mol. The Hall–Kier alpha value is -2.17. The Bertz CT molecular complexity index is 647. The number of hydrogen-bond acceptors (Lipinski definition) is 3. The van der Waals surface area contributed by atoms with Gasteiger partial charge in [-0.2, -0.15) is 5.10 Å². The van der Waals surface area contributed by atoms with E-state index in [1.54, 1.807) is 12.4 Å². The molecule has 0 bridgehead atoms. The van der Waals surface area contributed by atoms with E-state index in [9.17, 15) is 4.79 Å². The van der Waals surface area contributed by atoms with E-state index in [0.29, 0.717) is 12.3 Å². The average Bonchev–Trinajstić information content (AvgIpc) is 3.26. The SMILES string of the molecule is O=C1CC(C2CC2)CCN1c1cc(-c2ccncc2)n[nH]1. The minimum Gasteiger partial charge on any atom is -0.297 e. The van der Waals surface area contributed by atoms with E-state index < -0.39 is 0 Å². The second-order valence-corrected chi connectivity index (χ2v) is 6.01. The Balaban J connectivity index is 1.52. The van der Waals surface area contributed by atoms with Gasteiger partial charge in [-0.25, -0.2) is 0 Å². The first-order valence-electron chi connectivity index (χ1n) is 7.57. The number of H-pyrrole nitrogens is 1. The molecule has 2 aromatic heterocycles. The van der Waals surface area contributed by atoms with Crippen molar-refractivity contribution in [1.29, 1.82) is 0 Å². The number of nitrogens with one attached hydrogen (secondary N) is 1. The van der Waals surface area contributed by atoms with Gasteiger partial charge in [-0.15, -0.1) is 0 Å². The Morgan fingerprint density at radius 3 is 2.67 bits per heavy atom. The third-order valence-electron chi connectivity index (χ3n) is 4.58. The molecule has 3 heterocycles. The van der Waals surface area contributed by atoms with E-state index in [-0.39, 0.29) is 5.91 Å². The van der Waals surface area contributed by atoms with Gasteiger partial charge >= 0.3 is 0 Å². The lowest BCUT2D eigenvalue weighted by Crippen LogP contribution is -2.39. The molecule has 1 aliphatic heterocycles. The average molecular weight is 282 g/mol. The molecule has 1 saturated carbocycles. The molecule has 2 aliphatic rings. The van der Waals surface area contributed by atoms with Gasteiger partial charge in [0.05, 0.1) is 5.69 Å². The minimum absolute atomic E-state index is 0.225. The van der Waals surface area contributed by atoms with Crippen LogP contribution in [-0.4, -0.2) is 27.6 Å². The van der Waals surface area contributed by atoms with Crippen LogP contribution in [0, 0.1) is 11.8 Å². The lowest BCUT2D eigenvalue weighted by Gasteiger charge is -2.30. The predicted octanol–water partition coefficient (Wildman–Crippen LogP) is 2.62. The summed E-state index contributed by atoms with van der Waals surface area (Å²) in [6.07, 6.45) is 7.92. The molecule has 1 unspecified atom stereocenters. The Labute approximate surface area is 123 Å². The van der Waals surface area contributed by atoms with Crippen molar-refractivity contribution in [2.75, 3.05) is 11.4 Å². The molecule has 108 valence electrons. The largest absolute Gasteiger partial charge is 0.297 e. The first-order chi connectivity index (χ1) is 10.3. The molecule has 4 rings (SSSR count). The van der Waals surface area contributed by atoms with Crippen molar-refractivity contribution in [1.82, 2.24) is 15.2 Å². The highest BCUT2D eigenvalue weighted by atomic mass is 16.2. The summed E-state index contributed by atoms with van der Waals surface area (Å²) in [5, 5.41) is 7.31. The van der Waals surface area contributed by atoms with Crippen molar-refractivity contribution in [3.05, 3.63) is 30.6 Å². The monoisotopic (exact) mass is 282 g/mol. The zero-order valence-corrected chi connectivity index (χ0v) is 11.8. The molecule has 1 aliphatic carbocycles. The van der Waals surface area contributed by atoms with Gasteiger partial charge in [-0.3, -0.25) is 19.8 Å². The number of aromatic nitrogens is 3. The number of nitrogens with zero attached hydrogens (tertiary/aromatic N) is 3. The lowest BCUT2D eigenvalue weighted by molar-refractivity contribution is -0.121. The smallest absolute Gasteiger partial charge is 0.228 e. The van der Waals surface area contributed by atoms with E-state index in [1.165, 1.54) is 12.8 Å². The summed E-state index contributed by atoms with van der Waals surface area (Å²) in [5.41, 5.74) is 1.86. The van der Waals surface area contributed by atoms with Gasteiger partial charge in [0, 0.05) is 37.0 Å². The van der Waals surface area contributed by atoms with Crippen LogP contribution in [0.25, 0.3) is 11.3 Å². The number of rotatable bonds is 3. The molecular formula is C16H18N4O. The van der Waals surface area contributed by atoms with Gasteiger partial charge in [0.1, 0.15) is 5.82 Å². The fraction of sp³-hybridized carbons (Fsp3) is 0.438. The van der Waals surface area contributed by atoms with Crippen LogP contribution in [0.4, 0.5) is 5.82 Å². The Morgan fingerprint density at radius 2 is 1.95 bits per heavy atom. The maximum atomic E-state index is 12.4. The van der Waals surface area contributed by atoms with E-state index in [4.69, 9.17) is 0 Å². The maximum absolute atomic E-state index is 12.4. The molecule has 5 heteroatoms. The van der Waals surface area contributed by atoms with Crippen LogP contribution in [0.15, 0.2) is 30.6 Å². The first-order valence-corrected chi connectivity index (χ1v) is 7.57. The highest BCUT2D eigenvalue weighted by Gasteiger charge is 2.37. The summed E-state index contributed by atoms with van der Waals surface area (Å²) in [6, 6.07) is 5.78. The van der Waals surface area contributed by atoms with Crippen LogP contribution in [0.5, 0.6) is 0 Å². The normalized spacial score (nSPS) is 22.6. The van der Waals surface area contributed by atoms with E-state index in [2.05, 4.69) is 15.2 Å². The standard InChI is InChI=1S/C16H18N4O/c21-16-9-13(11-1-2-11)5-8-20(16)15-10-14(18-19-15)12-3-6-17-7-4-12/h3-4,6-7,10-11,13H,1-2,5,8-9H2,(H,18,19). The molecule has 21 heavy (non-hydrogen) atoms. The van der Waals surface area contributed by atoms with E-state index >= 15 is 0 Å². The molecule has 0 radical (unpaired) electrons. The number of piperidine rings is 1. The third-order valence-corrected chi connectivity index (χ3v) is 4.58. The van der Waals surface area contributed by atoms with Crippen molar-refractivity contribution >= 4 is 11.7 Å². The Morgan fingerprint density at radius 1 is 1.14 bits per heavy atom. The van der Waals surface area contributed by atoms with Crippen molar-refractivity contribution in [3.63, 3.8) is 0 Å². The van der Waals surface area contributed by atoms with E-state index in [1.807, 2.05) is 23.1 Å². The topological polar surface area (TPSA) is 61.9 Å². The zero-order valence-electron chi connectivity index (χ0n) is 11.8. The summed E-state index contributed by atoms with van der Waals surface area (Å²) in [6.45, 7) is 0.804. The van der Waals surface area contributed by atoms with Crippen molar-refractivity contribution < 1.29 is 4.79 Å². The zero-order chi connectivity index (χ0) is 14.2. The highest BCUT2D eigenvalue weighted by Crippen LogP contribution is 2.42. The van der Waals surface area contributed by atoms with Gasteiger partial charge in [-0.05, 0) is 43.2 Å². The number of hydrogen-bond donors (Lipinski definition) is 1. The molecule has 5 nitrogen and oxygen atoms in total. The van der Waals surface area contributed by atoms with Crippen LogP contribution >= 0.6 is 0 Å². The fourth-order valence-corrected chi connectivity index (χ4v) is 3.20. The molecule has 0 aromatic carbocycles. The van der Waals surface area contributed by atoms with Crippen LogP contribution in [0.1, 0.15) is 25.7 Å². The second kappa shape index (κ2) is 4.98. The van der Waals surface area contributed by atoms with Crippen molar-refractivity contribution in [2.45, 2.75) is 25.7 Å². The molecule has 0 spiro atoms. The van der Waals surface area contributed by atoms with E-state index in [0.717, 1.165) is 36.0 Å². The minimum atomic E-state index is 0.225. The number of pyridine rings is 1. The third kappa shape index (κ3) is 2.44. The maximum Gasteiger partial charge on any atom is 0.228 e. The number of carbonyl (C=O) groups excluding carboxylic acids is 1. The molecule has 1 N–H and O–H groups in total. The number of amides is 1. The summed E-state index contributed by atoms with van der Waals surface area (Å²) >= 11 is 0. The number of aromatic amines is 1. The van der Waals surface area contributed by atoms with Gasteiger partial charge in [-0.1, -0.05) is 0 Å². The van der Waals surface area contributed by atoms with Crippen LogP contribution in [0.2, 0.25) is 0 Å².